The Bertz CT molecular complexity index is 1040. The molecule has 1 saturated heterocycles. The van der Waals surface area contributed by atoms with Crippen LogP contribution in [0.1, 0.15) is 34.7 Å². The fourth-order valence-electron chi connectivity index (χ4n) is 4.13. The van der Waals surface area contributed by atoms with E-state index in [0.29, 0.717) is 11.3 Å². The van der Waals surface area contributed by atoms with Crippen LogP contribution in [-0.4, -0.2) is 27.3 Å². The third-order valence-corrected chi connectivity index (χ3v) is 7.03. The number of benzene rings is 2. The van der Waals surface area contributed by atoms with Gasteiger partial charge in [0.15, 0.2) is 5.17 Å². The molecule has 3 aliphatic heterocycles. The van der Waals surface area contributed by atoms with Crippen molar-refractivity contribution in [1.29, 1.82) is 0 Å². The van der Waals surface area contributed by atoms with E-state index in [2.05, 4.69) is 57.9 Å². The van der Waals surface area contributed by atoms with Gasteiger partial charge in [0.05, 0.1) is 12.1 Å². The first kappa shape index (κ1) is 19.4. The quantitative estimate of drug-likeness (QED) is 0.771. The SMILES string of the molecule is Cc1ccc(C2CC3C4NN=C(SCc5ccc(F)cc5F)N4C=CN3N2)cc1C. The van der Waals surface area contributed by atoms with Crippen LogP contribution >= 0.6 is 11.8 Å². The van der Waals surface area contributed by atoms with Crippen molar-refractivity contribution in [2.45, 2.75) is 44.3 Å². The molecule has 0 saturated carbocycles. The van der Waals surface area contributed by atoms with Crippen LogP contribution < -0.4 is 10.9 Å². The summed E-state index contributed by atoms with van der Waals surface area (Å²) in [4.78, 5) is 2.09. The van der Waals surface area contributed by atoms with Gasteiger partial charge >= 0.3 is 0 Å². The molecule has 156 valence electrons. The first-order valence-electron chi connectivity index (χ1n) is 9.98. The van der Waals surface area contributed by atoms with Crippen LogP contribution in [0.3, 0.4) is 0 Å². The Morgan fingerprint density at radius 3 is 2.77 bits per heavy atom. The maximum absolute atomic E-state index is 13.9. The summed E-state index contributed by atoms with van der Waals surface area (Å²) in [6.45, 7) is 4.27. The molecular weight excluding hydrogens is 404 g/mol. The fraction of sp³-hybridized carbons (Fsp3) is 0.318. The van der Waals surface area contributed by atoms with Crippen LogP contribution in [-0.2, 0) is 5.75 Å². The van der Waals surface area contributed by atoms with E-state index < -0.39 is 11.6 Å². The van der Waals surface area contributed by atoms with Crippen LogP contribution in [0.4, 0.5) is 8.78 Å². The average Bonchev–Trinajstić information content (AvgIpc) is 3.33. The zero-order chi connectivity index (χ0) is 20.8. The summed E-state index contributed by atoms with van der Waals surface area (Å²) in [7, 11) is 0. The van der Waals surface area contributed by atoms with Gasteiger partial charge in [-0.05, 0) is 48.6 Å². The Balaban J connectivity index is 1.26. The van der Waals surface area contributed by atoms with Crippen LogP contribution in [0.15, 0.2) is 53.9 Å². The molecule has 0 amide bonds. The van der Waals surface area contributed by atoms with Gasteiger partial charge in [0.1, 0.15) is 17.8 Å². The van der Waals surface area contributed by atoms with Crippen molar-refractivity contribution in [3.63, 3.8) is 0 Å². The summed E-state index contributed by atoms with van der Waals surface area (Å²) in [6.07, 6.45) is 4.98. The number of nitrogens with one attached hydrogen (secondary N) is 2. The normalized spacial score (nSPS) is 24.5. The maximum Gasteiger partial charge on any atom is 0.189 e. The van der Waals surface area contributed by atoms with Crippen molar-refractivity contribution in [3.8, 4) is 0 Å². The molecule has 0 spiro atoms. The predicted molar refractivity (Wildman–Crippen MR) is 115 cm³/mol. The smallest absolute Gasteiger partial charge is 0.189 e. The van der Waals surface area contributed by atoms with Gasteiger partial charge in [-0.15, -0.1) is 0 Å². The van der Waals surface area contributed by atoms with Gasteiger partial charge < -0.3 is 9.91 Å². The molecule has 2 N–H and O–H groups in total. The lowest BCUT2D eigenvalue weighted by Gasteiger charge is -2.36. The summed E-state index contributed by atoms with van der Waals surface area (Å²) in [6, 6.07) is 10.8. The first-order valence-corrected chi connectivity index (χ1v) is 11.0. The lowest BCUT2D eigenvalue weighted by molar-refractivity contribution is 0.152. The molecule has 2 aromatic rings. The van der Waals surface area contributed by atoms with Gasteiger partial charge in [-0.3, -0.25) is 5.43 Å². The van der Waals surface area contributed by atoms with Crippen molar-refractivity contribution < 1.29 is 8.78 Å². The molecule has 3 aliphatic rings. The van der Waals surface area contributed by atoms with Crippen molar-refractivity contribution >= 4 is 16.9 Å². The van der Waals surface area contributed by atoms with E-state index in [1.54, 1.807) is 0 Å². The molecule has 5 nitrogen and oxygen atoms in total. The second-order valence-corrected chi connectivity index (χ2v) is 8.88. The van der Waals surface area contributed by atoms with E-state index in [9.17, 15) is 8.78 Å². The molecule has 0 aromatic heterocycles. The van der Waals surface area contributed by atoms with E-state index in [1.807, 2.05) is 12.4 Å². The Hall–Kier alpha value is -2.58. The predicted octanol–water partition coefficient (Wildman–Crippen LogP) is 4.12. The highest BCUT2D eigenvalue weighted by Crippen LogP contribution is 2.36. The van der Waals surface area contributed by atoms with E-state index >= 15 is 0 Å². The number of aryl methyl sites for hydroxylation is 2. The number of nitrogens with zero attached hydrogens (tertiary/aromatic N) is 3. The standard InChI is InChI=1S/C22H23F2N5S/c1-13-3-4-15(9-14(13)2)19-11-20-21-25-26-22(28(21)7-8-29(20)27-19)30-12-16-5-6-17(23)10-18(16)24/h3-10,19-21,25,27H,11-12H2,1-2H3. The number of hydrogen-bond acceptors (Lipinski definition) is 6. The van der Waals surface area contributed by atoms with Gasteiger partial charge in [0.2, 0.25) is 0 Å². The Kier molecular flexibility index (Phi) is 4.91. The summed E-state index contributed by atoms with van der Waals surface area (Å²) in [5.41, 5.74) is 11.2. The third-order valence-electron chi connectivity index (χ3n) is 6.01. The highest BCUT2D eigenvalue weighted by Gasteiger charge is 2.44. The highest BCUT2D eigenvalue weighted by molar-refractivity contribution is 8.13. The third kappa shape index (κ3) is 3.44. The molecule has 8 heteroatoms. The number of halogens is 2. The highest BCUT2D eigenvalue weighted by atomic mass is 32.2. The molecule has 0 aliphatic carbocycles. The van der Waals surface area contributed by atoms with E-state index in [4.69, 9.17) is 0 Å². The summed E-state index contributed by atoms with van der Waals surface area (Å²) < 4.78 is 27.1. The Morgan fingerprint density at radius 1 is 1.10 bits per heavy atom. The van der Waals surface area contributed by atoms with Crippen molar-refractivity contribution in [2.24, 2.45) is 5.10 Å². The summed E-state index contributed by atoms with van der Waals surface area (Å²) in [5, 5.41) is 7.42. The number of hydrazine groups is 1. The van der Waals surface area contributed by atoms with E-state index in [0.717, 1.165) is 17.7 Å². The summed E-state index contributed by atoms with van der Waals surface area (Å²) in [5.74, 6) is -0.698. The minimum atomic E-state index is -0.563. The molecular formula is C22H23F2N5S. The van der Waals surface area contributed by atoms with E-state index in [-0.39, 0.29) is 18.2 Å². The number of rotatable bonds is 3. The molecule has 3 atom stereocenters. The zero-order valence-electron chi connectivity index (χ0n) is 16.8. The maximum atomic E-state index is 13.9. The van der Waals surface area contributed by atoms with Crippen molar-refractivity contribution in [3.05, 3.63) is 82.7 Å². The molecule has 0 radical (unpaired) electrons. The second-order valence-electron chi connectivity index (χ2n) is 7.93. The summed E-state index contributed by atoms with van der Waals surface area (Å²) >= 11 is 1.44. The minimum Gasteiger partial charge on any atom is -0.306 e. The van der Waals surface area contributed by atoms with Crippen molar-refractivity contribution in [2.75, 3.05) is 0 Å². The number of hydrazone groups is 1. The van der Waals surface area contributed by atoms with Crippen LogP contribution in [0.2, 0.25) is 0 Å². The number of thioether (sulfide) groups is 1. The largest absolute Gasteiger partial charge is 0.306 e. The Labute approximate surface area is 178 Å². The molecule has 3 unspecified atom stereocenters. The Morgan fingerprint density at radius 2 is 1.97 bits per heavy atom. The van der Waals surface area contributed by atoms with Crippen LogP contribution in [0.5, 0.6) is 0 Å². The molecule has 0 bridgehead atoms. The van der Waals surface area contributed by atoms with Gasteiger partial charge in [-0.1, -0.05) is 36.0 Å². The van der Waals surface area contributed by atoms with Gasteiger partial charge in [-0.25, -0.2) is 14.2 Å². The van der Waals surface area contributed by atoms with Gasteiger partial charge in [-0.2, -0.15) is 5.10 Å². The molecule has 3 heterocycles. The monoisotopic (exact) mass is 427 g/mol. The second kappa shape index (κ2) is 7.59. The van der Waals surface area contributed by atoms with Crippen molar-refractivity contribution in [1.82, 2.24) is 20.8 Å². The number of fused-ring (bicyclic) bond motifs is 3. The van der Waals surface area contributed by atoms with Gasteiger partial charge in [0, 0.05) is 24.2 Å². The van der Waals surface area contributed by atoms with Crippen LogP contribution in [0, 0.1) is 25.5 Å². The first-order chi connectivity index (χ1) is 14.5. The molecule has 2 aromatic carbocycles. The topological polar surface area (TPSA) is 42.9 Å². The molecule has 1 fully saturated rings. The van der Waals surface area contributed by atoms with Crippen LogP contribution in [0.25, 0.3) is 0 Å². The zero-order valence-corrected chi connectivity index (χ0v) is 17.6. The van der Waals surface area contributed by atoms with Gasteiger partial charge in [0.25, 0.3) is 0 Å². The fourth-order valence-corrected chi connectivity index (χ4v) is 5.09. The van der Waals surface area contributed by atoms with E-state index in [1.165, 1.54) is 40.6 Å². The number of hydrogen-bond donors (Lipinski definition) is 2. The lowest BCUT2D eigenvalue weighted by Crippen LogP contribution is -2.54. The minimum absolute atomic E-state index is 0.0135. The number of amidine groups is 1. The molecule has 30 heavy (non-hydrogen) atoms. The molecule has 5 rings (SSSR count). The lowest BCUT2D eigenvalue weighted by atomic mass is 9.97. The average molecular weight is 428 g/mol.